The molecular formula is C12H26N2. The number of unbranched alkanes of at least 4 members (excludes halogenated alkanes) is 1. The molecule has 0 spiro atoms. The first-order valence-electron chi connectivity index (χ1n) is 6.29. The average Bonchev–Trinajstić information content (AvgIpc) is 2.63. The molecular weight excluding hydrogens is 172 g/mol. The smallest absolute Gasteiger partial charge is 0.00223 e. The molecule has 1 N–H and O–H groups in total. The first kappa shape index (κ1) is 12.0. The maximum atomic E-state index is 3.53. The van der Waals surface area contributed by atoms with E-state index < -0.39 is 0 Å². The Labute approximate surface area is 89.1 Å². The van der Waals surface area contributed by atoms with Gasteiger partial charge in [-0.25, -0.2) is 0 Å². The van der Waals surface area contributed by atoms with E-state index >= 15 is 0 Å². The zero-order valence-corrected chi connectivity index (χ0v) is 9.89. The van der Waals surface area contributed by atoms with Crippen molar-refractivity contribution < 1.29 is 0 Å². The van der Waals surface area contributed by atoms with Crippen LogP contribution in [-0.2, 0) is 0 Å². The molecule has 1 aliphatic rings. The molecule has 0 radical (unpaired) electrons. The molecule has 1 fully saturated rings. The molecule has 0 aromatic carbocycles. The van der Waals surface area contributed by atoms with E-state index in [1.807, 2.05) is 0 Å². The Morgan fingerprint density at radius 2 is 2.14 bits per heavy atom. The van der Waals surface area contributed by atoms with Crippen molar-refractivity contribution in [3.63, 3.8) is 0 Å². The van der Waals surface area contributed by atoms with Gasteiger partial charge in [-0.3, -0.25) is 0 Å². The fraction of sp³-hybridized carbons (Fsp3) is 1.00. The third-order valence-electron chi connectivity index (χ3n) is 3.06. The van der Waals surface area contributed by atoms with E-state index in [2.05, 4.69) is 24.1 Å². The number of hydrogen-bond donors (Lipinski definition) is 1. The second-order valence-corrected chi connectivity index (χ2v) is 4.51. The lowest BCUT2D eigenvalue weighted by Crippen LogP contribution is -2.27. The number of nitrogens with zero attached hydrogens (tertiary/aromatic N) is 1. The molecule has 0 aromatic rings. The van der Waals surface area contributed by atoms with Crippen molar-refractivity contribution >= 4 is 0 Å². The van der Waals surface area contributed by atoms with Gasteiger partial charge < -0.3 is 10.2 Å². The fourth-order valence-corrected chi connectivity index (χ4v) is 2.15. The van der Waals surface area contributed by atoms with E-state index in [0.29, 0.717) is 0 Å². The van der Waals surface area contributed by atoms with Crippen LogP contribution < -0.4 is 5.32 Å². The van der Waals surface area contributed by atoms with Crippen molar-refractivity contribution in [2.24, 2.45) is 5.92 Å². The molecule has 2 heteroatoms. The van der Waals surface area contributed by atoms with E-state index in [-0.39, 0.29) is 0 Å². The van der Waals surface area contributed by atoms with E-state index in [9.17, 15) is 0 Å². The predicted octanol–water partition coefficient (Wildman–Crippen LogP) is 2.11. The lowest BCUT2D eigenvalue weighted by atomic mass is 10.1. The summed E-state index contributed by atoms with van der Waals surface area (Å²) in [6, 6.07) is 0. The van der Waals surface area contributed by atoms with Crippen LogP contribution in [0.15, 0.2) is 0 Å². The van der Waals surface area contributed by atoms with Gasteiger partial charge >= 0.3 is 0 Å². The molecule has 0 amide bonds. The molecule has 1 heterocycles. The number of nitrogens with one attached hydrogen (secondary N) is 1. The van der Waals surface area contributed by atoms with Crippen LogP contribution in [0.1, 0.15) is 39.5 Å². The second kappa shape index (κ2) is 7.24. The van der Waals surface area contributed by atoms with Gasteiger partial charge in [-0.1, -0.05) is 20.3 Å². The summed E-state index contributed by atoms with van der Waals surface area (Å²) in [5.41, 5.74) is 0. The van der Waals surface area contributed by atoms with Gasteiger partial charge in [0.1, 0.15) is 0 Å². The van der Waals surface area contributed by atoms with E-state index in [0.717, 1.165) is 5.92 Å². The van der Waals surface area contributed by atoms with Gasteiger partial charge in [-0.05, 0) is 51.4 Å². The SMILES string of the molecule is CCCCN1CCC(CNCCC)C1. The van der Waals surface area contributed by atoms with Crippen molar-refractivity contribution in [1.82, 2.24) is 10.2 Å². The Bertz CT molecular complexity index is 136. The number of rotatable bonds is 7. The molecule has 14 heavy (non-hydrogen) atoms. The van der Waals surface area contributed by atoms with Crippen LogP contribution in [0.3, 0.4) is 0 Å². The van der Waals surface area contributed by atoms with Gasteiger partial charge in [0.15, 0.2) is 0 Å². The first-order valence-corrected chi connectivity index (χ1v) is 6.29. The zero-order chi connectivity index (χ0) is 10.2. The number of hydrogen-bond acceptors (Lipinski definition) is 2. The highest BCUT2D eigenvalue weighted by Crippen LogP contribution is 2.15. The number of likely N-dealkylation sites (tertiary alicyclic amines) is 1. The van der Waals surface area contributed by atoms with Crippen molar-refractivity contribution in [1.29, 1.82) is 0 Å². The highest BCUT2D eigenvalue weighted by atomic mass is 15.1. The standard InChI is InChI=1S/C12H26N2/c1-3-5-8-14-9-6-12(11-14)10-13-7-4-2/h12-13H,3-11H2,1-2H3. The van der Waals surface area contributed by atoms with Gasteiger partial charge in [0.2, 0.25) is 0 Å². The second-order valence-electron chi connectivity index (χ2n) is 4.51. The topological polar surface area (TPSA) is 15.3 Å². The molecule has 0 bridgehead atoms. The van der Waals surface area contributed by atoms with E-state index in [1.54, 1.807) is 0 Å². The molecule has 0 saturated carbocycles. The van der Waals surface area contributed by atoms with Crippen LogP contribution >= 0.6 is 0 Å². The minimum Gasteiger partial charge on any atom is -0.316 e. The summed E-state index contributed by atoms with van der Waals surface area (Å²) in [6.45, 7) is 10.9. The van der Waals surface area contributed by atoms with Gasteiger partial charge in [-0.2, -0.15) is 0 Å². The Kier molecular flexibility index (Phi) is 6.20. The average molecular weight is 198 g/mol. The minimum absolute atomic E-state index is 0.915. The molecule has 0 aliphatic carbocycles. The summed E-state index contributed by atoms with van der Waals surface area (Å²) in [6.07, 6.45) is 5.36. The summed E-state index contributed by atoms with van der Waals surface area (Å²) < 4.78 is 0. The van der Waals surface area contributed by atoms with E-state index in [4.69, 9.17) is 0 Å². The summed E-state index contributed by atoms with van der Waals surface area (Å²) in [7, 11) is 0. The Hall–Kier alpha value is -0.0800. The maximum Gasteiger partial charge on any atom is 0.00223 e. The van der Waals surface area contributed by atoms with Gasteiger partial charge in [0.25, 0.3) is 0 Å². The highest BCUT2D eigenvalue weighted by Gasteiger charge is 2.20. The van der Waals surface area contributed by atoms with Crippen LogP contribution in [0.4, 0.5) is 0 Å². The molecule has 84 valence electrons. The lowest BCUT2D eigenvalue weighted by molar-refractivity contribution is 0.316. The van der Waals surface area contributed by atoms with Crippen molar-refractivity contribution in [2.75, 3.05) is 32.7 Å². The Morgan fingerprint density at radius 3 is 2.86 bits per heavy atom. The lowest BCUT2D eigenvalue weighted by Gasteiger charge is -2.15. The normalized spacial score (nSPS) is 23.1. The van der Waals surface area contributed by atoms with Crippen molar-refractivity contribution in [3.8, 4) is 0 Å². The third kappa shape index (κ3) is 4.43. The molecule has 1 unspecified atom stereocenters. The van der Waals surface area contributed by atoms with Crippen LogP contribution in [0.2, 0.25) is 0 Å². The zero-order valence-electron chi connectivity index (χ0n) is 9.89. The van der Waals surface area contributed by atoms with Crippen LogP contribution in [0.5, 0.6) is 0 Å². The predicted molar refractivity (Wildman–Crippen MR) is 62.6 cm³/mol. The molecule has 2 nitrogen and oxygen atoms in total. The monoisotopic (exact) mass is 198 g/mol. The molecule has 1 saturated heterocycles. The summed E-state index contributed by atoms with van der Waals surface area (Å²) in [5.74, 6) is 0.915. The van der Waals surface area contributed by atoms with Crippen LogP contribution in [0.25, 0.3) is 0 Å². The maximum absolute atomic E-state index is 3.53. The highest BCUT2D eigenvalue weighted by molar-refractivity contribution is 4.76. The van der Waals surface area contributed by atoms with Gasteiger partial charge in [0, 0.05) is 6.54 Å². The fourth-order valence-electron chi connectivity index (χ4n) is 2.15. The first-order chi connectivity index (χ1) is 6.86. The van der Waals surface area contributed by atoms with E-state index in [1.165, 1.54) is 58.4 Å². The van der Waals surface area contributed by atoms with Crippen molar-refractivity contribution in [3.05, 3.63) is 0 Å². The largest absolute Gasteiger partial charge is 0.316 e. The summed E-state index contributed by atoms with van der Waals surface area (Å²) in [5, 5.41) is 3.53. The van der Waals surface area contributed by atoms with Gasteiger partial charge in [-0.15, -0.1) is 0 Å². The quantitative estimate of drug-likeness (QED) is 0.630. The van der Waals surface area contributed by atoms with Crippen LogP contribution in [-0.4, -0.2) is 37.6 Å². The summed E-state index contributed by atoms with van der Waals surface area (Å²) >= 11 is 0. The van der Waals surface area contributed by atoms with Crippen molar-refractivity contribution in [2.45, 2.75) is 39.5 Å². The third-order valence-corrected chi connectivity index (χ3v) is 3.06. The molecule has 0 aromatic heterocycles. The molecule has 1 aliphatic heterocycles. The Morgan fingerprint density at radius 1 is 1.29 bits per heavy atom. The molecule has 1 rings (SSSR count). The van der Waals surface area contributed by atoms with Crippen LogP contribution in [0, 0.1) is 5.92 Å². The minimum atomic E-state index is 0.915. The Balaban J connectivity index is 2.02. The van der Waals surface area contributed by atoms with Gasteiger partial charge in [0.05, 0.1) is 0 Å². The molecule has 1 atom stereocenters. The summed E-state index contributed by atoms with van der Waals surface area (Å²) in [4.78, 5) is 2.63.